The molecule has 2 atom stereocenters. The van der Waals surface area contributed by atoms with Crippen LogP contribution >= 0.6 is 35.3 Å². The second kappa shape index (κ2) is 9.16. The van der Waals surface area contributed by atoms with Gasteiger partial charge in [-0.05, 0) is 36.7 Å². The van der Waals surface area contributed by atoms with E-state index >= 15 is 0 Å². The number of piperidine rings is 1. The van der Waals surface area contributed by atoms with Crippen LogP contribution in [0.3, 0.4) is 0 Å². The molecule has 4 heterocycles. The Balaban J connectivity index is 0.00000231. The topological polar surface area (TPSA) is 68.2 Å². The van der Waals surface area contributed by atoms with Crippen molar-refractivity contribution in [2.75, 3.05) is 19.7 Å². The fourth-order valence-electron chi connectivity index (χ4n) is 4.17. The van der Waals surface area contributed by atoms with Crippen molar-refractivity contribution in [3.8, 4) is 16.3 Å². The molecule has 0 radical (unpaired) electrons. The van der Waals surface area contributed by atoms with Gasteiger partial charge < -0.3 is 15.4 Å². The second-order valence-corrected chi connectivity index (χ2v) is 8.88. The summed E-state index contributed by atoms with van der Waals surface area (Å²) < 4.78 is 21.4. The van der Waals surface area contributed by atoms with Crippen molar-refractivity contribution >= 4 is 41.3 Å². The fourth-order valence-corrected chi connectivity index (χ4v) is 5.35. The molecule has 1 amide bonds. The van der Waals surface area contributed by atoms with Gasteiger partial charge in [0, 0.05) is 18.5 Å². The Bertz CT molecular complexity index is 1100. The summed E-state index contributed by atoms with van der Waals surface area (Å²) in [6.07, 6.45) is 2.44. The first kappa shape index (κ1) is 22.1. The molecular weight excluding hydrogens is 462 g/mol. The molecule has 1 fully saturated rings. The number of carbonyl (C=O) groups excluding carboxylic acids is 1. The van der Waals surface area contributed by atoms with Gasteiger partial charge in [0.05, 0.1) is 33.9 Å². The third-order valence-electron chi connectivity index (χ3n) is 5.58. The molecule has 2 aromatic heterocycles. The number of hydrogen-bond donors (Lipinski definition) is 2. The number of nitrogens with zero attached hydrogens (tertiary/aromatic N) is 2. The molecule has 10 heteroatoms. The van der Waals surface area contributed by atoms with Crippen molar-refractivity contribution < 1.29 is 13.9 Å². The minimum atomic E-state index is -0.260. The van der Waals surface area contributed by atoms with Crippen LogP contribution in [0.1, 0.15) is 27.6 Å². The highest BCUT2D eigenvalue weighted by Crippen LogP contribution is 2.42. The maximum Gasteiger partial charge on any atom is 0.261 e. The van der Waals surface area contributed by atoms with Gasteiger partial charge in [0.2, 0.25) is 0 Å². The number of nitrogens with one attached hydrogen (secondary N) is 2. The molecular formula is C21H21Cl2FN4O2S. The van der Waals surface area contributed by atoms with Gasteiger partial charge in [-0.2, -0.15) is 5.10 Å². The molecule has 1 saturated heterocycles. The first-order chi connectivity index (χ1) is 14.6. The van der Waals surface area contributed by atoms with Crippen LogP contribution in [-0.2, 0) is 6.54 Å². The number of fused-ring (bicyclic) bond motifs is 3. The number of carbonyl (C=O) groups is 1. The number of benzene rings is 1. The lowest BCUT2D eigenvalue weighted by atomic mass is 9.86. The first-order valence-corrected chi connectivity index (χ1v) is 11.0. The fraction of sp³-hybridized carbons (Fsp3) is 0.333. The van der Waals surface area contributed by atoms with Crippen molar-refractivity contribution in [3.63, 3.8) is 0 Å². The van der Waals surface area contributed by atoms with Crippen molar-refractivity contribution in [2.45, 2.75) is 24.9 Å². The quantitative estimate of drug-likeness (QED) is 0.589. The summed E-state index contributed by atoms with van der Waals surface area (Å²) in [7, 11) is 0. The maximum absolute atomic E-state index is 13.7. The lowest BCUT2D eigenvalue weighted by molar-refractivity contribution is 0.0928. The van der Waals surface area contributed by atoms with Gasteiger partial charge in [0.15, 0.2) is 5.06 Å². The number of thiophene rings is 1. The molecule has 3 aromatic rings. The van der Waals surface area contributed by atoms with E-state index in [1.165, 1.54) is 17.4 Å². The normalized spacial score (nSPS) is 19.9. The third kappa shape index (κ3) is 4.30. The van der Waals surface area contributed by atoms with Gasteiger partial charge >= 0.3 is 0 Å². The summed E-state index contributed by atoms with van der Waals surface area (Å²) in [6, 6.07) is 8.30. The van der Waals surface area contributed by atoms with Crippen LogP contribution in [0.4, 0.5) is 4.39 Å². The minimum absolute atomic E-state index is 0. The van der Waals surface area contributed by atoms with Gasteiger partial charge in [-0.3, -0.25) is 9.48 Å². The number of rotatable bonds is 3. The molecule has 0 unspecified atom stereocenters. The van der Waals surface area contributed by atoms with Gasteiger partial charge in [-0.25, -0.2) is 4.39 Å². The highest BCUT2D eigenvalue weighted by atomic mass is 35.5. The van der Waals surface area contributed by atoms with E-state index in [-0.39, 0.29) is 36.1 Å². The van der Waals surface area contributed by atoms with Crippen molar-refractivity contribution in [2.24, 2.45) is 0 Å². The first-order valence-electron chi connectivity index (χ1n) is 9.85. The predicted molar refractivity (Wildman–Crippen MR) is 121 cm³/mol. The van der Waals surface area contributed by atoms with Crippen LogP contribution in [0, 0.1) is 5.82 Å². The van der Waals surface area contributed by atoms with Crippen molar-refractivity contribution in [1.82, 2.24) is 20.4 Å². The molecule has 5 rings (SSSR count). The summed E-state index contributed by atoms with van der Waals surface area (Å²) >= 11 is 7.63. The van der Waals surface area contributed by atoms with Gasteiger partial charge in [0.25, 0.3) is 5.91 Å². The molecule has 31 heavy (non-hydrogen) atoms. The highest BCUT2D eigenvalue weighted by molar-refractivity contribution is 7.16. The van der Waals surface area contributed by atoms with E-state index in [9.17, 15) is 9.18 Å². The zero-order valence-electron chi connectivity index (χ0n) is 16.4. The molecule has 2 aliphatic rings. The average Bonchev–Trinajstić information content (AvgIpc) is 3.27. The Labute approximate surface area is 194 Å². The van der Waals surface area contributed by atoms with Crippen molar-refractivity contribution in [1.29, 1.82) is 0 Å². The summed E-state index contributed by atoms with van der Waals surface area (Å²) in [5, 5.41) is 11.9. The van der Waals surface area contributed by atoms with Crippen LogP contribution in [-0.4, -0.2) is 41.4 Å². The maximum atomic E-state index is 13.7. The summed E-state index contributed by atoms with van der Waals surface area (Å²) in [5.74, 6) is -0.381. The van der Waals surface area contributed by atoms with Crippen LogP contribution < -0.4 is 15.4 Å². The minimum Gasteiger partial charge on any atom is -0.481 e. The number of amides is 1. The number of aromatic nitrogens is 2. The van der Waals surface area contributed by atoms with Crippen LogP contribution in [0.15, 0.2) is 36.5 Å². The van der Waals surface area contributed by atoms with Gasteiger partial charge in [-0.15, -0.1) is 12.4 Å². The zero-order chi connectivity index (χ0) is 20.7. The largest absolute Gasteiger partial charge is 0.481 e. The Morgan fingerprint density at radius 3 is 3.10 bits per heavy atom. The van der Waals surface area contributed by atoms with E-state index in [0.717, 1.165) is 29.8 Å². The molecule has 1 aromatic carbocycles. The smallest absolute Gasteiger partial charge is 0.261 e. The highest BCUT2D eigenvalue weighted by Gasteiger charge is 2.30. The van der Waals surface area contributed by atoms with E-state index in [1.54, 1.807) is 23.0 Å². The van der Waals surface area contributed by atoms with E-state index in [2.05, 4.69) is 15.7 Å². The standard InChI is InChI=1S/C21H20ClFN4O2S.ClH/c22-16-10-25-27-6-7-29-21-15(19(16)27)9-18(30-21)20(28)26-17-11-24-5-4-14(17)12-2-1-3-13(23)8-12;/h1-3,8-10,14,17,24H,4-7,11H2,(H,26,28);1H/t14-,17+;/m0./s1. The number of hydrogen-bond acceptors (Lipinski definition) is 5. The lowest BCUT2D eigenvalue weighted by Crippen LogP contribution is -2.49. The third-order valence-corrected chi connectivity index (χ3v) is 6.91. The van der Waals surface area contributed by atoms with Crippen LogP contribution in [0.5, 0.6) is 5.06 Å². The Hall–Kier alpha value is -2.13. The Kier molecular flexibility index (Phi) is 6.52. The average molecular weight is 483 g/mol. The molecule has 6 nitrogen and oxygen atoms in total. The molecule has 0 aliphatic carbocycles. The van der Waals surface area contributed by atoms with E-state index < -0.39 is 0 Å². The van der Waals surface area contributed by atoms with E-state index in [0.29, 0.717) is 34.7 Å². The zero-order valence-corrected chi connectivity index (χ0v) is 18.8. The molecule has 0 spiro atoms. The second-order valence-electron chi connectivity index (χ2n) is 7.46. The van der Waals surface area contributed by atoms with Crippen molar-refractivity contribution in [3.05, 3.63) is 57.8 Å². The Morgan fingerprint density at radius 2 is 2.26 bits per heavy atom. The Morgan fingerprint density at radius 1 is 1.39 bits per heavy atom. The van der Waals surface area contributed by atoms with Crippen LogP contribution in [0.25, 0.3) is 11.3 Å². The van der Waals surface area contributed by atoms with E-state index in [1.807, 2.05) is 12.1 Å². The molecule has 0 bridgehead atoms. The molecule has 2 N–H and O–H groups in total. The SMILES string of the molecule is Cl.O=C(N[C@@H]1CNCC[C@H]1c1cccc(F)c1)c1cc2c(s1)OCCn1ncc(Cl)c1-2. The molecule has 0 saturated carbocycles. The summed E-state index contributed by atoms with van der Waals surface area (Å²) in [5.41, 5.74) is 2.47. The number of halogens is 3. The summed E-state index contributed by atoms with van der Waals surface area (Å²) in [6.45, 7) is 2.53. The summed E-state index contributed by atoms with van der Waals surface area (Å²) in [4.78, 5) is 13.6. The van der Waals surface area contributed by atoms with Crippen LogP contribution in [0.2, 0.25) is 5.02 Å². The molecule has 164 valence electrons. The monoisotopic (exact) mass is 482 g/mol. The molecule has 2 aliphatic heterocycles. The lowest BCUT2D eigenvalue weighted by Gasteiger charge is -2.33. The number of ether oxygens (including phenoxy) is 1. The van der Waals surface area contributed by atoms with Gasteiger partial charge in [-0.1, -0.05) is 35.1 Å². The van der Waals surface area contributed by atoms with Gasteiger partial charge in [0.1, 0.15) is 12.4 Å². The predicted octanol–water partition coefficient (Wildman–Crippen LogP) is 4.09. The van der Waals surface area contributed by atoms with E-state index in [4.69, 9.17) is 16.3 Å².